The fraction of sp³-hybridized carbons (Fsp3) is 0.643. The van der Waals surface area contributed by atoms with E-state index in [1.165, 1.54) is 6.42 Å². The summed E-state index contributed by atoms with van der Waals surface area (Å²) >= 11 is 6.64. The van der Waals surface area contributed by atoms with Gasteiger partial charge in [-0.3, -0.25) is 14.6 Å². The summed E-state index contributed by atoms with van der Waals surface area (Å²) in [7, 11) is -1.25. The van der Waals surface area contributed by atoms with Crippen LogP contribution in [0, 0.1) is 23.2 Å². The van der Waals surface area contributed by atoms with E-state index in [0.29, 0.717) is 42.0 Å². The molecular weight excluding hydrogens is 534 g/mol. The van der Waals surface area contributed by atoms with Crippen molar-refractivity contribution in [3.63, 3.8) is 0 Å². The van der Waals surface area contributed by atoms with E-state index in [0.717, 1.165) is 22.7 Å². The zero-order valence-electron chi connectivity index (χ0n) is 23.9. The smallest absolute Gasteiger partial charge is 0.288 e. The Balaban J connectivity index is 1.50. The van der Waals surface area contributed by atoms with Crippen molar-refractivity contribution >= 4 is 31.3 Å². The highest BCUT2D eigenvalue weighted by Crippen LogP contribution is 2.61. The molecule has 2 aromatic heterocycles. The van der Waals surface area contributed by atoms with Crippen LogP contribution < -0.4 is 20.9 Å². The van der Waals surface area contributed by atoms with E-state index in [-0.39, 0.29) is 36.2 Å². The molecule has 0 aliphatic heterocycles. The normalized spacial score (nSPS) is 23.6. The van der Waals surface area contributed by atoms with Crippen LogP contribution in [0.1, 0.15) is 39.2 Å². The fourth-order valence-corrected chi connectivity index (χ4v) is 6.80. The second-order valence-corrected chi connectivity index (χ2v) is 18.8. The summed E-state index contributed by atoms with van der Waals surface area (Å²) in [6.07, 6.45) is 5.55. The summed E-state index contributed by atoms with van der Waals surface area (Å²) in [5.74, 6) is 1.45. The first-order chi connectivity index (χ1) is 18.4. The number of ether oxygens (including phenoxy) is 2. The molecule has 0 unspecified atom stereocenters. The van der Waals surface area contributed by atoms with Gasteiger partial charge in [0.1, 0.15) is 17.3 Å². The summed E-state index contributed by atoms with van der Waals surface area (Å²) in [4.78, 5) is 29.8. The molecule has 2 N–H and O–H groups in total. The molecule has 3 saturated carbocycles. The van der Waals surface area contributed by atoms with Crippen LogP contribution in [0.2, 0.25) is 30.7 Å². The van der Waals surface area contributed by atoms with Crippen LogP contribution >= 0.6 is 11.6 Å². The Morgan fingerprint density at radius 3 is 2.59 bits per heavy atom. The van der Waals surface area contributed by atoms with Gasteiger partial charge in [-0.25, -0.2) is 4.68 Å². The number of halogens is 1. The number of rotatable bonds is 12. The molecule has 2 bridgehead atoms. The fourth-order valence-electron chi connectivity index (χ4n) is 5.81. The largest absolute Gasteiger partial charge is 0.448 e. The second kappa shape index (κ2) is 12.0. The molecule has 3 aliphatic rings. The molecule has 2 heterocycles. The van der Waals surface area contributed by atoms with Gasteiger partial charge in [0, 0.05) is 39.7 Å². The molecule has 9 nitrogen and oxygen atoms in total. The molecule has 4 atom stereocenters. The highest BCUT2D eigenvalue weighted by molar-refractivity contribution is 6.76. The van der Waals surface area contributed by atoms with E-state index in [4.69, 9.17) is 21.1 Å². The molecule has 39 heavy (non-hydrogen) atoms. The Hall–Kier alpha value is -2.43. The van der Waals surface area contributed by atoms with Crippen LogP contribution in [0.25, 0.3) is 0 Å². The number of hydrogen-bond acceptors (Lipinski definition) is 7. The van der Waals surface area contributed by atoms with Crippen molar-refractivity contribution in [1.82, 2.24) is 20.1 Å². The third-order valence-electron chi connectivity index (χ3n) is 8.56. The van der Waals surface area contributed by atoms with Crippen molar-refractivity contribution in [3.05, 3.63) is 45.5 Å². The molecule has 1 amide bonds. The van der Waals surface area contributed by atoms with E-state index < -0.39 is 13.6 Å². The molecule has 3 fully saturated rings. The number of nitrogens with one attached hydrogen (secondary N) is 2. The molecule has 0 saturated heterocycles. The van der Waals surface area contributed by atoms with Gasteiger partial charge in [0.25, 0.3) is 11.4 Å². The standard InChI is InChI=1S/C28H42ClN5O4Si/c1-18-21-13-20(28(21,2)3)14-22(18)32-25-24(29)27(36)34(16-23(35)31-15-19-7-9-30-10-8-19)33-26(25)38-17-37-11-12-39(4,5)6/h7-10,18,20-22,32H,11-17H2,1-6H3,(H,31,35)/t18-,20+,21+,22+/m0/s1. The highest BCUT2D eigenvalue weighted by atomic mass is 35.5. The number of carbonyl (C=O) groups is 1. The maximum atomic E-state index is 13.2. The van der Waals surface area contributed by atoms with Gasteiger partial charge in [-0.2, -0.15) is 0 Å². The van der Waals surface area contributed by atoms with Crippen LogP contribution in [-0.4, -0.2) is 48.2 Å². The Labute approximate surface area is 237 Å². The lowest BCUT2D eigenvalue weighted by atomic mass is 9.45. The molecule has 0 spiro atoms. The maximum absolute atomic E-state index is 13.2. The van der Waals surface area contributed by atoms with E-state index in [9.17, 15) is 9.59 Å². The van der Waals surface area contributed by atoms with Gasteiger partial charge in [0.05, 0.1) is 0 Å². The number of amides is 1. The van der Waals surface area contributed by atoms with Crippen molar-refractivity contribution in [2.75, 3.05) is 18.7 Å². The number of carbonyl (C=O) groups excluding carboxylic acids is 1. The third-order valence-corrected chi connectivity index (χ3v) is 10.6. The van der Waals surface area contributed by atoms with Gasteiger partial charge in [-0.1, -0.05) is 52.0 Å². The number of aromatic nitrogens is 3. The molecule has 11 heteroatoms. The van der Waals surface area contributed by atoms with E-state index in [1.54, 1.807) is 12.4 Å². The summed E-state index contributed by atoms with van der Waals surface area (Å²) in [6, 6.07) is 4.78. The van der Waals surface area contributed by atoms with Gasteiger partial charge in [0.15, 0.2) is 6.79 Å². The Morgan fingerprint density at radius 2 is 1.95 bits per heavy atom. The van der Waals surface area contributed by atoms with Crippen LogP contribution in [-0.2, 0) is 22.6 Å². The lowest BCUT2D eigenvalue weighted by molar-refractivity contribution is -0.122. The minimum absolute atomic E-state index is 0.0204. The monoisotopic (exact) mass is 575 g/mol. The van der Waals surface area contributed by atoms with Crippen LogP contribution in [0.3, 0.4) is 0 Å². The predicted molar refractivity (Wildman–Crippen MR) is 156 cm³/mol. The second-order valence-electron chi connectivity index (χ2n) is 12.8. The number of pyridine rings is 1. The van der Waals surface area contributed by atoms with Crippen molar-refractivity contribution in [1.29, 1.82) is 0 Å². The molecule has 2 aromatic rings. The molecule has 5 rings (SSSR count). The van der Waals surface area contributed by atoms with Gasteiger partial charge >= 0.3 is 0 Å². The number of anilines is 1. The number of fused-ring (bicyclic) bond motifs is 2. The molecular formula is C28H42ClN5O4Si. The van der Waals surface area contributed by atoms with Crippen LogP contribution in [0.5, 0.6) is 5.88 Å². The van der Waals surface area contributed by atoms with Gasteiger partial charge < -0.3 is 20.1 Å². The Kier molecular flexibility index (Phi) is 9.07. The first-order valence-corrected chi connectivity index (χ1v) is 17.9. The summed E-state index contributed by atoms with van der Waals surface area (Å²) in [5, 5.41) is 10.7. The zero-order chi connectivity index (χ0) is 28.4. The summed E-state index contributed by atoms with van der Waals surface area (Å²) in [5.41, 5.74) is 1.06. The summed E-state index contributed by atoms with van der Waals surface area (Å²) in [6.45, 7) is 14.4. The SMILES string of the molecule is C[C@H]1[C@H]2C[C@H](C[C@H]1Nc1c(OCOCC[Si](C)(C)C)nn(CC(=O)NCc3ccncc3)c(=O)c1Cl)C2(C)C. The van der Waals surface area contributed by atoms with E-state index in [2.05, 4.69) is 61.1 Å². The minimum atomic E-state index is -1.25. The average Bonchev–Trinajstić information content (AvgIpc) is 2.88. The van der Waals surface area contributed by atoms with Gasteiger partial charge in [-0.15, -0.1) is 5.10 Å². The van der Waals surface area contributed by atoms with Gasteiger partial charge in [0.2, 0.25) is 5.91 Å². The van der Waals surface area contributed by atoms with Gasteiger partial charge in [-0.05, 0) is 59.8 Å². The molecule has 3 aliphatic carbocycles. The first-order valence-electron chi connectivity index (χ1n) is 13.8. The maximum Gasteiger partial charge on any atom is 0.288 e. The lowest BCUT2D eigenvalue weighted by Crippen LogP contribution is -2.58. The summed E-state index contributed by atoms with van der Waals surface area (Å²) < 4.78 is 12.7. The first kappa shape index (κ1) is 29.5. The van der Waals surface area contributed by atoms with Crippen molar-refractivity contribution in [2.45, 2.75) is 78.4 Å². The minimum Gasteiger partial charge on any atom is -0.448 e. The van der Waals surface area contributed by atoms with Crippen molar-refractivity contribution in [3.8, 4) is 5.88 Å². The van der Waals surface area contributed by atoms with Crippen molar-refractivity contribution < 1.29 is 14.3 Å². The highest BCUT2D eigenvalue weighted by Gasteiger charge is 2.56. The third kappa shape index (κ3) is 7.02. The Bertz CT molecular complexity index is 1220. The predicted octanol–water partition coefficient (Wildman–Crippen LogP) is 4.78. The van der Waals surface area contributed by atoms with Crippen LogP contribution in [0.15, 0.2) is 29.3 Å². The molecule has 0 aromatic carbocycles. The quantitative estimate of drug-likeness (QED) is 0.213. The van der Waals surface area contributed by atoms with Crippen molar-refractivity contribution in [2.24, 2.45) is 23.2 Å². The Morgan fingerprint density at radius 1 is 1.23 bits per heavy atom. The molecule has 0 radical (unpaired) electrons. The van der Waals surface area contributed by atoms with E-state index in [1.807, 2.05) is 12.1 Å². The van der Waals surface area contributed by atoms with E-state index >= 15 is 0 Å². The number of hydrogen-bond donors (Lipinski definition) is 2. The molecule has 214 valence electrons. The average molecular weight is 576 g/mol. The zero-order valence-corrected chi connectivity index (χ0v) is 25.7. The number of nitrogens with zero attached hydrogens (tertiary/aromatic N) is 3. The topological polar surface area (TPSA) is 107 Å². The lowest BCUT2D eigenvalue weighted by Gasteiger charge is -2.62. The van der Waals surface area contributed by atoms with Crippen LogP contribution in [0.4, 0.5) is 5.69 Å².